The summed E-state index contributed by atoms with van der Waals surface area (Å²) in [6.45, 7) is 3.37. The molecule has 0 aromatic heterocycles. The van der Waals surface area contributed by atoms with Gasteiger partial charge in [0.2, 0.25) is 0 Å². The van der Waals surface area contributed by atoms with E-state index in [0.717, 1.165) is 19.5 Å². The fraction of sp³-hybridized carbons (Fsp3) is 1.00. The molecular formula is C8H15BrNO. The number of likely N-dealkylation sites (tertiary alicyclic amines) is 1. The highest BCUT2D eigenvalue weighted by molar-refractivity contribution is 9.09. The molecule has 1 unspecified atom stereocenters. The summed E-state index contributed by atoms with van der Waals surface area (Å²) in [5.74, 6) is 0. The van der Waals surface area contributed by atoms with Crippen molar-refractivity contribution in [1.29, 1.82) is 0 Å². The first-order valence-corrected chi connectivity index (χ1v) is 5.19. The molecule has 3 heteroatoms. The van der Waals surface area contributed by atoms with Crippen LogP contribution in [0.1, 0.15) is 19.3 Å². The van der Waals surface area contributed by atoms with Crippen molar-refractivity contribution >= 4 is 15.9 Å². The van der Waals surface area contributed by atoms with Gasteiger partial charge in [0.1, 0.15) is 0 Å². The van der Waals surface area contributed by atoms with E-state index in [2.05, 4.69) is 20.8 Å². The first-order valence-electron chi connectivity index (χ1n) is 4.27. The standard InChI is InChI=1S/C8H15BrNO/c9-8-3-1-4-10(7-8)5-2-6-11/h8H,1-7H2. The zero-order valence-corrected chi connectivity index (χ0v) is 8.35. The summed E-state index contributed by atoms with van der Waals surface area (Å²) in [4.78, 5) is 3.03. The van der Waals surface area contributed by atoms with Gasteiger partial charge in [-0.1, -0.05) is 15.9 Å². The van der Waals surface area contributed by atoms with Crippen molar-refractivity contribution in [2.45, 2.75) is 24.1 Å². The molecule has 0 aromatic rings. The number of hydrogen-bond acceptors (Lipinski definition) is 1. The molecule has 1 saturated heterocycles. The van der Waals surface area contributed by atoms with E-state index in [9.17, 15) is 5.11 Å². The molecule has 1 atom stereocenters. The van der Waals surface area contributed by atoms with Gasteiger partial charge in [0, 0.05) is 17.9 Å². The number of alkyl halides is 1. The maximum atomic E-state index is 10.2. The van der Waals surface area contributed by atoms with Gasteiger partial charge in [-0.15, -0.1) is 0 Å². The number of hydrogen-bond donors (Lipinski definition) is 0. The van der Waals surface area contributed by atoms with E-state index in [1.807, 2.05) is 0 Å². The lowest BCUT2D eigenvalue weighted by atomic mass is 10.1. The molecule has 2 nitrogen and oxygen atoms in total. The predicted molar refractivity (Wildman–Crippen MR) is 48.6 cm³/mol. The molecule has 0 aromatic carbocycles. The second-order valence-electron chi connectivity index (χ2n) is 3.10. The minimum atomic E-state index is 0.0729. The minimum absolute atomic E-state index is 0.0729. The fourth-order valence-electron chi connectivity index (χ4n) is 1.49. The second-order valence-corrected chi connectivity index (χ2v) is 4.39. The van der Waals surface area contributed by atoms with Crippen LogP contribution in [-0.4, -0.2) is 36.0 Å². The fourth-order valence-corrected chi connectivity index (χ4v) is 2.22. The van der Waals surface area contributed by atoms with Crippen molar-refractivity contribution in [2.75, 3.05) is 26.2 Å². The van der Waals surface area contributed by atoms with Gasteiger partial charge >= 0.3 is 0 Å². The summed E-state index contributed by atoms with van der Waals surface area (Å²) >= 11 is 3.60. The Kier molecular flexibility index (Phi) is 4.41. The van der Waals surface area contributed by atoms with Crippen molar-refractivity contribution in [3.63, 3.8) is 0 Å². The minimum Gasteiger partial charge on any atom is -0.302 e. The van der Waals surface area contributed by atoms with Crippen molar-refractivity contribution in [1.82, 2.24) is 4.90 Å². The van der Waals surface area contributed by atoms with Crippen molar-refractivity contribution in [2.24, 2.45) is 0 Å². The molecule has 1 heterocycles. The zero-order chi connectivity index (χ0) is 8.10. The quantitative estimate of drug-likeness (QED) is 0.665. The zero-order valence-electron chi connectivity index (χ0n) is 6.76. The van der Waals surface area contributed by atoms with Crippen molar-refractivity contribution in [3.8, 4) is 0 Å². The summed E-state index contributed by atoms with van der Waals surface area (Å²) in [7, 11) is 0. The van der Waals surface area contributed by atoms with Gasteiger partial charge in [-0.05, 0) is 25.8 Å². The highest BCUT2D eigenvalue weighted by Crippen LogP contribution is 2.16. The molecule has 1 aliphatic heterocycles. The number of piperidine rings is 1. The Hall–Kier alpha value is 0.400. The van der Waals surface area contributed by atoms with Crippen LogP contribution in [0.5, 0.6) is 0 Å². The van der Waals surface area contributed by atoms with Crippen molar-refractivity contribution < 1.29 is 5.11 Å². The Morgan fingerprint density at radius 2 is 2.36 bits per heavy atom. The van der Waals surface area contributed by atoms with Crippen LogP contribution in [-0.2, 0) is 5.11 Å². The topological polar surface area (TPSA) is 23.1 Å². The van der Waals surface area contributed by atoms with Gasteiger partial charge in [-0.2, -0.15) is 0 Å². The Morgan fingerprint density at radius 3 is 3.00 bits per heavy atom. The number of nitrogens with zero attached hydrogens (tertiary/aromatic N) is 1. The van der Waals surface area contributed by atoms with Crippen LogP contribution in [0.3, 0.4) is 0 Å². The largest absolute Gasteiger partial charge is 0.302 e. The lowest BCUT2D eigenvalue weighted by molar-refractivity contribution is 0.158. The van der Waals surface area contributed by atoms with Gasteiger partial charge < -0.3 is 4.90 Å². The molecule has 1 radical (unpaired) electrons. The van der Waals surface area contributed by atoms with E-state index >= 15 is 0 Å². The van der Waals surface area contributed by atoms with E-state index in [4.69, 9.17) is 0 Å². The molecule has 1 aliphatic rings. The maximum absolute atomic E-state index is 10.2. The SMILES string of the molecule is [O]CCCN1CCCC(Br)C1. The molecular weight excluding hydrogens is 206 g/mol. The average Bonchev–Trinajstić information content (AvgIpc) is 2.01. The molecule has 11 heavy (non-hydrogen) atoms. The average molecular weight is 221 g/mol. The summed E-state index contributed by atoms with van der Waals surface area (Å²) in [5.41, 5.74) is 0. The summed E-state index contributed by atoms with van der Waals surface area (Å²) in [6.07, 6.45) is 3.36. The third-order valence-electron chi connectivity index (χ3n) is 2.07. The van der Waals surface area contributed by atoms with E-state index in [0.29, 0.717) is 4.83 Å². The third kappa shape index (κ3) is 3.54. The van der Waals surface area contributed by atoms with Gasteiger partial charge in [0.25, 0.3) is 0 Å². The van der Waals surface area contributed by atoms with Crippen LogP contribution in [0.15, 0.2) is 0 Å². The normalized spacial score (nSPS) is 27.3. The first kappa shape index (κ1) is 9.49. The molecule has 0 saturated carbocycles. The highest BCUT2D eigenvalue weighted by atomic mass is 79.9. The van der Waals surface area contributed by atoms with Crippen LogP contribution in [0, 0.1) is 0 Å². The van der Waals surface area contributed by atoms with Crippen LogP contribution in [0.2, 0.25) is 0 Å². The Morgan fingerprint density at radius 1 is 1.55 bits per heavy atom. The molecule has 0 bridgehead atoms. The van der Waals surface area contributed by atoms with E-state index in [-0.39, 0.29) is 6.61 Å². The molecule has 1 rings (SSSR count). The highest BCUT2D eigenvalue weighted by Gasteiger charge is 2.16. The van der Waals surface area contributed by atoms with E-state index in [1.54, 1.807) is 0 Å². The van der Waals surface area contributed by atoms with Crippen LogP contribution >= 0.6 is 15.9 Å². The lowest BCUT2D eigenvalue weighted by Crippen LogP contribution is -2.36. The molecule has 65 valence electrons. The molecule has 0 amide bonds. The second kappa shape index (κ2) is 5.12. The van der Waals surface area contributed by atoms with Crippen LogP contribution < -0.4 is 0 Å². The van der Waals surface area contributed by atoms with E-state index < -0.39 is 0 Å². The molecule has 0 spiro atoms. The molecule has 0 aliphatic carbocycles. The van der Waals surface area contributed by atoms with Crippen molar-refractivity contribution in [3.05, 3.63) is 0 Å². The van der Waals surface area contributed by atoms with Gasteiger partial charge in [0.05, 0.1) is 6.61 Å². The maximum Gasteiger partial charge on any atom is 0.0834 e. The van der Waals surface area contributed by atoms with Crippen LogP contribution in [0.4, 0.5) is 0 Å². The summed E-state index contributed by atoms with van der Waals surface area (Å²) in [6, 6.07) is 0. The summed E-state index contributed by atoms with van der Waals surface area (Å²) in [5, 5.41) is 10.2. The molecule has 1 fully saturated rings. The first-order chi connectivity index (χ1) is 5.33. The number of rotatable bonds is 3. The van der Waals surface area contributed by atoms with Crippen LogP contribution in [0.25, 0.3) is 0 Å². The van der Waals surface area contributed by atoms with Gasteiger partial charge in [-0.3, -0.25) is 0 Å². The third-order valence-corrected chi connectivity index (χ3v) is 2.81. The molecule has 0 N–H and O–H groups in total. The smallest absolute Gasteiger partial charge is 0.0834 e. The predicted octanol–water partition coefficient (Wildman–Crippen LogP) is 1.67. The Bertz CT molecular complexity index is 110. The lowest BCUT2D eigenvalue weighted by Gasteiger charge is -2.29. The van der Waals surface area contributed by atoms with Gasteiger partial charge in [-0.25, -0.2) is 5.11 Å². The Labute approximate surface area is 76.7 Å². The summed E-state index contributed by atoms with van der Waals surface area (Å²) < 4.78 is 0. The monoisotopic (exact) mass is 220 g/mol. The number of halogens is 1. The Balaban J connectivity index is 2.12. The van der Waals surface area contributed by atoms with Gasteiger partial charge in [0.15, 0.2) is 0 Å². The van der Waals surface area contributed by atoms with E-state index in [1.165, 1.54) is 19.4 Å².